The molecule has 1 atom stereocenters. The van der Waals surface area contributed by atoms with E-state index < -0.39 is 6.04 Å². The van der Waals surface area contributed by atoms with Crippen LogP contribution in [-0.2, 0) is 4.79 Å². The Balaban J connectivity index is 1.57. The number of nitrogens with zero attached hydrogens (tertiary/aromatic N) is 3. The maximum Gasteiger partial charge on any atom is 0.267 e. The average Bonchev–Trinajstić information content (AvgIpc) is 3.16. The Morgan fingerprint density at radius 1 is 1.19 bits per heavy atom. The molecule has 3 aromatic rings. The van der Waals surface area contributed by atoms with Gasteiger partial charge < -0.3 is 14.8 Å². The van der Waals surface area contributed by atoms with Crippen LogP contribution < -0.4 is 20.3 Å². The molecule has 1 aliphatic rings. The number of ether oxygens (including phenoxy) is 2. The van der Waals surface area contributed by atoms with Crippen LogP contribution in [0.5, 0.6) is 11.5 Å². The molecule has 0 fully saturated rings. The molecule has 1 unspecified atom stereocenters. The van der Waals surface area contributed by atoms with Gasteiger partial charge in [0, 0.05) is 35.8 Å². The van der Waals surface area contributed by atoms with Gasteiger partial charge in [-0.15, -0.1) is 0 Å². The topological polar surface area (TPSA) is 95.3 Å². The van der Waals surface area contributed by atoms with Crippen LogP contribution in [0.1, 0.15) is 13.0 Å². The Morgan fingerprint density at radius 2 is 2.04 bits per heavy atom. The van der Waals surface area contributed by atoms with E-state index in [2.05, 4.69) is 15.4 Å². The van der Waals surface area contributed by atoms with Crippen molar-refractivity contribution in [3.63, 3.8) is 0 Å². The van der Waals surface area contributed by atoms with Crippen LogP contribution >= 0.6 is 0 Å². The summed E-state index contributed by atoms with van der Waals surface area (Å²) < 4.78 is 11.7. The molecule has 0 aliphatic carbocycles. The largest absolute Gasteiger partial charge is 0.454 e. The average molecular weight is 364 g/mol. The van der Waals surface area contributed by atoms with E-state index in [0.29, 0.717) is 22.9 Å². The van der Waals surface area contributed by atoms with Gasteiger partial charge in [-0.05, 0) is 37.3 Å². The van der Waals surface area contributed by atoms with Crippen LogP contribution in [0.3, 0.4) is 0 Å². The lowest BCUT2D eigenvalue weighted by Crippen LogP contribution is -2.33. The lowest BCUT2D eigenvalue weighted by Gasteiger charge is -2.15. The zero-order chi connectivity index (χ0) is 18.8. The second-order valence-corrected chi connectivity index (χ2v) is 5.98. The van der Waals surface area contributed by atoms with E-state index in [1.54, 1.807) is 49.6 Å². The number of nitrogens with one attached hydrogen (secondary N) is 1. The summed E-state index contributed by atoms with van der Waals surface area (Å²) >= 11 is 0. The first kappa shape index (κ1) is 16.8. The van der Waals surface area contributed by atoms with E-state index in [-0.39, 0.29) is 18.3 Å². The van der Waals surface area contributed by atoms with Crippen molar-refractivity contribution < 1.29 is 14.3 Å². The Bertz CT molecular complexity index is 1050. The minimum atomic E-state index is -0.806. The van der Waals surface area contributed by atoms with E-state index in [4.69, 9.17) is 9.47 Å². The first-order valence-electron chi connectivity index (χ1n) is 8.32. The SMILES string of the molecule is CC(C(=O)Nc1ccc2c(c1)OCO2)n1nc(-c2cccnc2)ccc1=O. The maximum absolute atomic E-state index is 12.6. The molecule has 2 aromatic heterocycles. The van der Waals surface area contributed by atoms with E-state index >= 15 is 0 Å². The van der Waals surface area contributed by atoms with Crippen LogP contribution in [-0.4, -0.2) is 27.5 Å². The van der Waals surface area contributed by atoms with E-state index in [1.807, 2.05) is 6.07 Å². The van der Waals surface area contributed by atoms with E-state index in [1.165, 1.54) is 6.07 Å². The molecule has 4 rings (SSSR count). The molecular formula is C19H16N4O4. The third-order valence-corrected chi connectivity index (χ3v) is 4.17. The number of pyridine rings is 1. The van der Waals surface area contributed by atoms with Gasteiger partial charge in [-0.2, -0.15) is 5.10 Å². The normalized spacial score (nSPS) is 13.2. The zero-order valence-corrected chi connectivity index (χ0v) is 14.5. The van der Waals surface area contributed by atoms with Crippen molar-refractivity contribution in [2.45, 2.75) is 13.0 Å². The van der Waals surface area contributed by atoms with Gasteiger partial charge in [0.1, 0.15) is 6.04 Å². The smallest absolute Gasteiger partial charge is 0.267 e. The third-order valence-electron chi connectivity index (χ3n) is 4.17. The lowest BCUT2D eigenvalue weighted by atomic mass is 10.2. The summed E-state index contributed by atoms with van der Waals surface area (Å²) in [7, 11) is 0. The lowest BCUT2D eigenvalue weighted by molar-refractivity contribution is -0.119. The molecule has 0 radical (unpaired) electrons. The molecule has 8 heteroatoms. The Kier molecular flexibility index (Phi) is 4.29. The van der Waals surface area contributed by atoms with Crippen molar-refractivity contribution in [3.05, 3.63) is 65.2 Å². The van der Waals surface area contributed by atoms with Crippen molar-refractivity contribution >= 4 is 11.6 Å². The number of hydrogen-bond acceptors (Lipinski definition) is 6. The summed E-state index contributed by atoms with van der Waals surface area (Å²) in [5, 5.41) is 7.09. The van der Waals surface area contributed by atoms with Gasteiger partial charge in [0.2, 0.25) is 12.7 Å². The van der Waals surface area contributed by atoms with Crippen molar-refractivity contribution in [2.75, 3.05) is 12.1 Å². The van der Waals surface area contributed by atoms with Gasteiger partial charge in [0.15, 0.2) is 11.5 Å². The highest BCUT2D eigenvalue weighted by atomic mass is 16.7. The van der Waals surface area contributed by atoms with Gasteiger partial charge in [0.05, 0.1) is 5.69 Å². The molecule has 27 heavy (non-hydrogen) atoms. The number of fused-ring (bicyclic) bond motifs is 1. The number of carbonyl (C=O) groups is 1. The first-order chi connectivity index (χ1) is 13.1. The summed E-state index contributed by atoms with van der Waals surface area (Å²) in [5.74, 6) is 0.823. The predicted octanol–water partition coefficient (Wildman–Crippen LogP) is 2.23. The Labute approximate surface area is 154 Å². The fourth-order valence-electron chi connectivity index (χ4n) is 2.70. The second-order valence-electron chi connectivity index (χ2n) is 5.98. The van der Waals surface area contributed by atoms with E-state index in [9.17, 15) is 9.59 Å². The number of rotatable bonds is 4. The molecular weight excluding hydrogens is 348 g/mol. The first-order valence-corrected chi connectivity index (χ1v) is 8.32. The molecule has 1 N–H and O–H groups in total. The number of aromatic nitrogens is 3. The number of anilines is 1. The summed E-state index contributed by atoms with van der Waals surface area (Å²) in [5.41, 5.74) is 1.50. The molecule has 0 saturated heterocycles. The second kappa shape index (κ2) is 6.91. The molecule has 1 aliphatic heterocycles. The van der Waals surface area contributed by atoms with Crippen molar-refractivity contribution in [1.82, 2.24) is 14.8 Å². The van der Waals surface area contributed by atoms with Crippen LogP contribution in [0.2, 0.25) is 0 Å². The molecule has 3 heterocycles. The highest BCUT2D eigenvalue weighted by Crippen LogP contribution is 2.34. The maximum atomic E-state index is 12.6. The molecule has 0 bridgehead atoms. The minimum absolute atomic E-state index is 0.156. The fraction of sp³-hybridized carbons (Fsp3) is 0.158. The van der Waals surface area contributed by atoms with E-state index in [0.717, 1.165) is 10.2 Å². The Hall–Kier alpha value is -3.68. The zero-order valence-electron chi connectivity index (χ0n) is 14.5. The van der Waals surface area contributed by atoms with Gasteiger partial charge in [-0.25, -0.2) is 4.68 Å². The van der Waals surface area contributed by atoms with Gasteiger partial charge >= 0.3 is 0 Å². The van der Waals surface area contributed by atoms with Gasteiger partial charge in [-0.3, -0.25) is 14.6 Å². The molecule has 0 saturated carbocycles. The molecule has 1 aromatic carbocycles. The molecule has 1 amide bonds. The number of amides is 1. The summed E-state index contributed by atoms with van der Waals surface area (Å²) in [6.07, 6.45) is 3.30. The number of carbonyl (C=O) groups excluding carboxylic acids is 1. The predicted molar refractivity (Wildman–Crippen MR) is 97.6 cm³/mol. The van der Waals surface area contributed by atoms with Gasteiger partial charge in [0.25, 0.3) is 5.56 Å². The highest BCUT2D eigenvalue weighted by Gasteiger charge is 2.20. The summed E-state index contributed by atoms with van der Waals surface area (Å²) in [6, 6.07) is 10.9. The molecule has 0 spiro atoms. The van der Waals surface area contributed by atoms with Crippen LogP contribution in [0.25, 0.3) is 11.3 Å². The fourth-order valence-corrected chi connectivity index (χ4v) is 2.70. The standard InChI is InChI=1S/C19H16N4O4/c1-12(19(25)21-14-4-6-16-17(9-14)27-11-26-16)23-18(24)7-5-15(22-23)13-3-2-8-20-10-13/h2-10,12H,11H2,1H3,(H,21,25). The molecule has 8 nitrogen and oxygen atoms in total. The summed E-state index contributed by atoms with van der Waals surface area (Å²) in [4.78, 5) is 28.9. The quantitative estimate of drug-likeness (QED) is 0.763. The van der Waals surface area contributed by atoms with Crippen LogP contribution in [0.4, 0.5) is 5.69 Å². The summed E-state index contributed by atoms with van der Waals surface area (Å²) in [6.45, 7) is 1.77. The Morgan fingerprint density at radius 3 is 2.85 bits per heavy atom. The van der Waals surface area contributed by atoms with Crippen LogP contribution in [0, 0.1) is 0 Å². The molecule has 136 valence electrons. The number of benzene rings is 1. The van der Waals surface area contributed by atoms with Crippen molar-refractivity contribution in [3.8, 4) is 22.8 Å². The number of hydrogen-bond donors (Lipinski definition) is 1. The monoisotopic (exact) mass is 364 g/mol. The minimum Gasteiger partial charge on any atom is -0.454 e. The highest BCUT2D eigenvalue weighted by molar-refractivity contribution is 5.93. The van der Waals surface area contributed by atoms with Crippen molar-refractivity contribution in [2.24, 2.45) is 0 Å². The third kappa shape index (κ3) is 3.37. The van der Waals surface area contributed by atoms with Gasteiger partial charge in [-0.1, -0.05) is 0 Å². The van der Waals surface area contributed by atoms with Crippen molar-refractivity contribution in [1.29, 1.82) is 0 Å². The van der Waals surface area contributed by atoms with Crippen LogP contribution in [0.15, 0.2) is 59.7 Å².